The summed E-state index contributed by atoms with van der Waals surface area (Å²) < 4.78 is 7.14. The number of carbonyl (C=O) groups excluding carboxylic acids is 1. The van der Waals surface area contributed by atoms with Crippen molar-refractivity contribution in [1.82, 2.24) is 14.5 Å². The van der Waals surface area contributed by atoms with Gasteiger partial charge in [0.25, 0.3) is 0 Å². The Balaban J connectivity index is 1.91. The fraction of sp³-hybridized carbons (Fsp3) is 0.308. The van der Waals surface area contributed by atoms with Gasteiger partial charge in [-0.25, -0.2) is 9.97 Å². The number of ether oxygens (including phenoxy) is 1. The predicted octanol–water partition coefficient (Wildman–Crippen LogP) is 2.52. The Morgan fingerprint density at radius 2 is 2.32 bits per heavy atom. The number of esters is 1. The summed E-state index contributed by atoms with van der Waals surface area (Å²) in [4.78, 5) is 19.3. The molecule has 5 nitrogen and oxygen atoms in total. The Hall–Kier alpha value is -1.88. The van der Waals surface area contributed by atoms with Crippen LogP contribution >= 0.6 is 11.6 Å². The average Bonchev–Trinajstić information content (AvgIpc) is 2.95. The van der Waals surface area contributed by atoms with Crippen LogP contribution in [-0.4, -0.2) is 26.6 Å². The number of carbonyl (C=O) groups is 1. The molecular formula is C13H12ClN3O2. The van der Waals surface area contributed by atoms with E-state index in [1.54, 1.807) is 12.5 Å². The molecule has 0 unspecified atom stereocenters. The maximum absolute atomic E-state index is 11.0. The van der Waals surface area contributed by atoms with Crippen LogP contribution in [0.1, 0.15) is 19.4 Å². The lowest BCUT2D eigenvalue weighted by molar-refractivity contribution is -0.144. The Morgan fingerprint density at radius 3 is 3.11 bits per heavy atom. The van der Waals surface area contributed by atoms with E-state index in [1.165, 1.54) is 6.92 Å². The highest BCUT2D eigenvalue weighted by Gasteiger charge is 2.24. The fourth-order valence-corrected chi connectivity index (χ4v) is 2.60. The molecule has 0 N–H and O–H groups in total. The number of aromatic nitrogens is 3. The average molecular weight is 278 g/mol. The monoisotopic (exact) mass is 277 g/mol. The van der Waals surface area contributed by atoms with Crippen LogP contribution in [0.3, 0.4) is 0 Å². The molecule has 19 heavy (non-hydrogen) atoms. The van der Waals surface area contributed by atoms with Crippen LogP contribution in [0.4, 0.5) is 0 Å². The summed E-state index contributed by atoms with van der Waals surface area (Å²) in [7, 11) is 0. The first kappa shape index (κ1) is 12.2. The van der Waals surface area contributed by atoms with Crippen molar-refractivity contribution in [1.29, 1.82) is 0 Å². The number of hydrogen-bond acceptors (Lipinski definition) is 4. The molecule has 2 aromatic rings. The molecule has 98 valence electrons. The minimum absolute atomic E-state index is 0.0797. The molecule has 0 spiro atoms. The number of pyridine rings is 1. The van der Waals surface area contributed by atoms with Gasteiger partial charge < -0.3 is 9.30 Å². The van der Waals surface area contributed by atoms with E-state index < -0.39 is 0 Å². The van der Waals surface area contributed by atoms with E-state index >= 15 is 0 Å². The second-order valence-electron chi connectivity index (χ2n) is 4.46. The highest BCUT2D eigenvalue weighted by atomic mass is 35.5. The zero-order valence-electron chi connectivity index (χ0n) is 10.3. The quantitative estimate of drug-likeness (QED) is 0.481. The van der Waals surface area contributed by atoms with Gasteiger partial charge in [-0.1, -0.05) is 17.7 Å². The second kappa shape index (κ2) is 4.66. The van der Waals surface area contributed by atoms with Crippen molar-refractivity contribution in [2.45, 2.75) is 25.5 Å². The minimum Gasteiger partial charge on any atom is -0.458 e. The third-order valence-corrected chi connectivity index (χ3v) is 3.41. The Morgan fingerprint density at radius 1 is 1.47 bits per heavy atom. The Bertz CT molecular complexity index is 665. The maximum atomic E-state index is 11.0. The zero-order valence-corrected chi connectivity index (χ0v) is 11.0. The van der Waals surface area contributed by atoms with E-state index in [-0.39, 0.29) is 18.1 Å². The standard InChI is InChI=1S/C13H12ClN3O2/c1-8(18)19-10-3-2-9(6-10)17-7-16-11-4-5-15-13(14)12(11)17/h2-5,7,9-10H,6H2,1H3/t9-,10+/m1/s1. The smallest absolute Gasteiger partial charge is 0.303 e. The minimum atomic E-state index is -0.273. The van der Waals surface area contributed by atoms with Crippen LogP contribution in [-0.2, 0) is 9.53 Å². The third kappa shape index (κ3) is 2.21. The van der Waals surface area contributed by atoms with Gasteiger partial charge >= 0.3 is 5.97 Å². The van der Waals surface area contributed by atoms with Gasteiger partial charge in [-0.15, -0.1) is 0 Å². The molecule has 0 amide bonds. The van der Waals surface area contributed by atoms with Gasteiger partial charge in [0.2, 0.25) is 0 Å². The Kier molecular flexibility index (Phi) is 2.98. The molecule has 0 radical (unpaired) electrons. The van der Waals surface area contributed by atoms with Crippen molar-refractivity contribution >= 4 is 28.6 Å². The molecule has 0 aromatic carbocycles. The van der Waals surface area contributed by atoms with Gasteiger partial charge in [-0.3, -0.25) is 4.79 Å². The number of fused-ring (bicyclic) bond motifs is 1. The molecule has 0 bridgehead atoms. The number of halogens is 1. The van der Waals surface area contributed by atoms with Gasteiger partial charge in [0.15, 0.2) is 5.15 Å². The lowest BCUT2D eigenvalue weighted by atomic mass is 10.2. The fourth-order valence-electron chi connectivity index (χ4n) is 2.35. The van der Waals surface area contributed by atoms with Crippen molar-refractivity contribution in [2.75, 3.05) is 0 Å². The van der Waals surface area contributed by atoms with Crippen LogP contribution in [0.25, 0.3) is 11.0 Å². The molecule has 2 heterocycles. The number of nitrogens with zero attached hydrogens (tertiary/aromatic N) is 3. The molecule has 1 aliphatic carbocycles. The summed E-state index contributed by atoms with van der Waals surface area (Å²) >= 11 is 6.12. The highest BCUT2D eigenvalue weighted by molar-refractivity contribution is 6.33. The zero-order chi connectivity index (χ0) is 13.4. The van der Waals surface area contributed by atoms with Gasteiger partial charge in [0.1, 0.15) is 11.6 Å². The van der Waals surface area contributed by atoms with Crippen LogP contribution in [0.5, 0.6) is 0 Å². The first-order valence-electron chi connectivity index (χ1n) is 5.98. The van der Waals surface area contributed by atoms with E-state index in [4.69, 9.17) is 16.3 Å². The first-order valence-corrected chi connectivity index (χ1v) is 6.35. The van der Waals surface area contributed by atoms with E-state index in [0.29, 0.717) is 11.6 Å². The molecule has 0 fully saturated rings. The molecule has 1 aliphatic rings. The summed E-state index contributed by atoms with van der Waals surface area (Å²) in [6, 6.07) is 1.90. The molecule has 0 aliphatic heterocycles. The van der Waals surface area contributed by atoms with E-state index in [9.17, 15) is 4.79 Å². The van der Waals surface area contributed by atoms with Gasteiger partial charge in [-0.05, 0) is 12.1 Å². The van der Waals surface area contributed by atoms with Crippen molar-refractivity contribution in [3.05, 3.63) is 35.9 Å². The van der Waals surface area contributed by atoms with E-state index in [1.807, 2.05) is 22.8 Å². The van der Waals surface area contributed by atoms with Crippen molar-refractivity contribution in [3.8, 4) is 0 Å². The third-order valence-electron chi connectivity index (χ3n) is 3.13. The number of imidazole rings is 1. The van der Waals surface area contributed by atoms with Crippen molar-refractivity contribution < 1.29 is 9.53 Å². The highest BCUT2D eigenvalue weighted by Crippen LogP contribution is 2.30. The summed E-state index contributed by atoms with van der Waals surface area (Å²) in [5.74, 6) is -0.273. The largest absolute Gasteiger partial charge is 0.458 e. The molecule has 6 heteroatoms. The summed E-state index contributed by atoms with van der Waals surface area (Å²) in [5, 5.41) is 0.430. The van der Waals surface area contributed by atoms with E-state index in [2.05, 4.69) is 9.97 Å². The topological polar surface area (TPSA) is 57.0 Å². The van der Waals surface area contributed by atoms with Gasteiger partial charge in [0, 0.05) is 19.5 Å². The molecule has 3 rings (SSSR count). The van der Waals surface area contributed by atoms with Crippen LogP contribution in [0.2, 0.25) is 5.15 Å². The maximum Gasteiger partial charge on any atom is 0.303 e. The molecule has 2 aromatic heterocycles. The second-order valence-corrected chi connectivity index (χ2v) is 4.82. The number of rotatable bonds is 2. The first-order chi connectivity index (χ1) is 9.15. The molecule has 0 saturated heterocycles. The SMILES string of the molecule is CC(=O)O[C@H]1C=C[C@@H](n2cnc3ccnc(Cl)c32)C1. The van der Waals surface area contributed by atoms with Crippen molar-refractivity contribution in [3.63, 3.8) is 0 Å². The van der Waals surface area contributed by atoms with Crippen LogP contribution < -0.4 is 0 Å². The number of hydrogen-bond donors (Lipinski definition) is 0. The van der Waals surface area contributed by atoms with Gasteiger partial charge in [-0.2, -0.15) is 0 Å². The molecule has 2 atom stereocenters. The lowest BCUT2D eigenvalue weighted by Gasteiger charge is -2.14. The normalized spacial score (nSPS) is 22.0. The summed E-state index contributed by atoms with van der Waals surface area (Å²) in [6.07, 6.45) is 7.77. The summed E-state index contributed by atoms with van der Waals surface area (Å²) in [5.41, 5.74) is 1.62. The van der Waals surface area contributed by atoms with E-state index in [0.717, 1.165) is 11.0 Å². The van der Waals surface area contributed by atoms with Gasteiger partial charge in [0.05, 0.1) is 17.9 Å². The Labute approximate surface area is 114 Å². The summed E-state index contributed by atoms with van der Waals surface area (Å²) in [6.45, 7) is 1.41. The van der Waals surface area contributed by atoms with Crippen molar-refractivity contribution in [2.24, 2.45) is 0 Å². The lowest BCUT2D eigenvalue weighted by Crippen LogP contribution is -2.14. The predicted molar refractivity (Wildman–Crippen MR) is 70.9 cm³/mol. The number of allylic oxidation sites excluding steroid dienone is 1. The molecular weight excluding hydrogens is 266 g/mol. The van der Waals surface area contributed by atoms with Crippen LogP contribution in [0.15, 0.2) is 30.7 Å². The van der Waals surface area contributed by atoms with Crippen LogP contribution in [0, 0.1) is 0 Å². The molecule has 0 saturated carbocycles.